The summed E-state index contributed by atoms with van der Waals surface area (Å²) >= 11 is 0. The summed E-state index contributed by atoms with van der Waals surface area (Å²) in [7, 11) is -8.63. The van der Waals surface area contributed by atoms with Crippen molar-refractivity contribution in [2.75, 3.05) is 0 Å². The van der Waals surface area contributed by atoms with Gasteiger partial charge in [0.05, 0.1) is 9.79 Å². The van der Waals surface area contributed by atoms with Crippen LogP contribution in [0.3, 0.4) is 0 Å². The van der Waals surface area contributed by atoms with Gasteiger partial charge in [-0.3, -0.25) is 0 Å². The van der Waals surface area contributed by atoms with E-state index in [9.17, 15) is 25.9 Å². The third-order valence-electron chi connectivity index (χ3n) is 5.51. The molecule has 2 aromatic carbocycles. The molecule has 6 nitrogen and oxygen atoms in total. The molecule has 0 spiro atoms. The van der Waals surface area contributed by atoms with Crippen molar-refractivity contribution >= 4 is 43.3 Å². The second-order valence-electron chi connectivity index (χ2n) is 8.53. The van der Waals surface area contributed by atoms with Gasteiger partial charge in [0.25, 0.3) is 0 Å². The van der Waals surface area contributed by atoms with Crippen LogP contribution in [-0.4, -0.2) is 49.0 Å². The number of benzene rings is 2. The molecule has 0 N–H and O–H groups in total. The fraction of sp³-hybridized carbons (Fsp3) is 0.538. The average molecular weight is 535 g/mol. The minimum atomic E-state index is -4.31. The Bertz CT molecular complexity index is 968. The number of aryl methyl sites for hydroxylation is 2. The smallest absolute Gasteiger partial charge is 0.744 e. The van der Waals surface area contributed by atoms with Crippen molar-refractivity contribution in [3.05, 3.63) is 59.7 Å². The normalized spacial score (nSPS) is 11.3. The van der Waals surface area contributed by atoms with Crippen LogP contribution in [0.2, 0.25) is 0 Å². The summed E-state index contributed by atoms with van der Waals surface area (Å²) in [5.41, 5.74) is 1.86. The Balaban J connectivity index is 0.000000642. The summed E-state index contributed by atoms with van der Waals surface area (Å²) in [6.45, 7) is 4.34. The first kappa shape index (κ1) is 34.0. The van der Waals surface area contributed by atoms with Crippen LogP contribution in [0, 0.1) is 0 Å². The number of rotatable bonds is 14. The molecule has 0 atom stereocenters. The maximum atomic E-state index is 10.8. The van der Waals surface area contributed by atoms with Crippen molar-refractivity contribution in [2.24, 2.45) is 0 Å². The van der Waals surface area contributed by atoms with Gasteiger partial charge in [-0.2, -0.15) is 0 Å². The fourth-order valence-electron chi connectivity index (χ4n) is 3.58. The Hall–Kier alpha value is -0.974. The van der Waals surface area contributed by atoms with Crippen LogP contribution in [-0.2, 0) is 33.1 Å². The maximum absolute atomic E-state index is 10.8. The van der Waals surface area contributed by atoms with Crippen molar-refractivity contribution < 1.29 is 25.9 Å². The van der Waals surface area contributed by atoms with E-state index in [1.807, 2.05) is 12.1 Å². The van der Waals surface area contributed by atoms with Gasteiger partial charge in [0, 0.05) is 0 Å². The van der Waals surface area contributed by atoms with E-state index in [0.717, 1.165) is 49.7 Å². The molecule has 192 valence electrons. The third-order valence-corrected chi connectivity index (χ3v) is 7.17. The first-order valence-electron chi connectivity index (χ1n) is 12.2. The van der Waals surface area contributed by atoms with Crippen LogP contribution in [0.5, 0.6) is 0 Å². The third kappa shape index (κ3) is 15.7. The van der Waals surface area contributed by atoms with Crippen LogP contribution in [0.4, 0.5) is 0 Å². The largest absolute Gasteiger partial charge is 2.00 e. The van der Waals surface area contributed by atoms with Crippen molar-refractivity contribution in [1.29, 1.82) is 0 Å². The zero-order chi connectivity index (χ0) is 25.5. The Kier molecular flexibility index (Phi) is 17.8. The molecule has 0 aliphatic carbocycles. The van der Waals surface area contributed by atoms with Crippen LogP contribution in [0.1, 0.15) is 89.2 Å². The summed E-state index contributed by atoms with van der Waals surface area (Å²) < 4.78 is 65.1. The number of hydrogen-bond acceptors (Lipinski definition) is 6. The van der Waals surface area contributed by atoms with E-state index >= 15 is 0 Å². The van der Waals surface area contributed by atoms with E-state index in [0.29, 0.717) is 0 Å². The molecule has 0 heterocycles. The molecule has 0 fully saturated rings. The van der Waals surface area contributed by atoms with Gasteiger partial charge < -0.3 is 9.11 Å². The Labute approximate surface area is 228 Å². The van der Waals surface area contributed by atoms with Crippen molar-refractivity contribution in [3.63, 3.8) is 0 Å². The second-order valence-corrected chi connectivity index (χ2v) is 11.3. The van der Waals surface area contributed by atoms with E-state index in [2.05, 4.69) is 13.8 Å². The van der Waals surface area contributed by atoms with E-state index in [1.54, 1.807) is 12.1 Å². The summed E-state index contributed by atoms with van der Waals surface area (Å²) in [4.78, 5) is -0.243. The molecular formula is C26H38MgO6S2. The van der Waals surface area contributed by atoms with Crippen molar-refractivity contribution in [3.8, 4) is 0 Å². The number of unbranched alkanes of at least 4 members (excludes halogenated alkanes) is 8. The minimum Gasteiger partial charge on any atom is -0.744 e. The van der Waals surface area contributed by atoms with Crippen LogP contribution in [0.25, 0.3) is 0 Å². The van der Waals surface area contributed by atoms with Gasteiger partial charge in [0.2, 0.25) is 0 Å². The van der Waals surface area contributed by atoms with E-state index in [-0.39, 0.29) is 32.8 Å². The van der Waals surface area contributed by atoms with E-state index in [1.165, 1.54) is 62.8 Å². The van der Waals surface area contributed by atoms with Gasteiger partial charge >= 0.3 is 23.1 Å². The van der Waals surface area contributed by atoms with Gasteiger partial charge in [-0.05, 0) is 61.1 Å². The standard InChI is InChI=1S/2C13H20O3S.Mg/c2*1-2-3-4-5-6-8-12-9-7-10-13(11-12)17(14,15)16;/h2*7,9-11H,2-6,8H2,1H3,(H,14,15,16);/q;;+2/p-2. The Morgan fingerprint density at radius 2 is 0.914 bits per heavy atom. The van der Waals surface area contributed by atoms with E-state index < -0.39 is 20.2 Å². The van der Waals surface area contributed by atoms with Gasteiger partial charge in [0.15, 0.2) is 0 Å². The zero-order valence-corrected chi connectivity index (χ0v) is 24.1. The summed E-state index contributed by atoms with van der Waals surface area (Å²) in [6.07, 6.45) is 13.4. The minimum absolute atomic E-state index is 0. The molecule has 2 rings (SSSR count). The molecule has 0 aliphatic rings. The monoisotopic (exact) mass is 534 g/mol. The van der Waals surface area contributed by atoms with Crippen LogP contribution < -0.4 is 0 Å². The van der Waals surface area contributed by atoms with E-state index in [4.69, 9.17) is 0 Å². The van der Waals surface area contributed by atoms with Crippen molar-refractivity contribution in [2.45, 2.75) is 101 Å². The molecule has 0 saturated heterocycles. The maximum Gasteiger partial charge on any atom is 2.00 e. The predicted octanol–water partition coefficient (Wildman–Crippen LogP) is 5.83. The summed E-state index contributed by atoms with van der Waals surface area (Å²) in [5, 5.41) is 0. The molecule has 35 heavy (non-hydrogen) atoms. The zero-order valence-electron chi connectivity index (χ0n) is 21.1. The first-order valence-corrected chi connectivity index (χ1v) is 15.0. The van der Waals surface area contributed by atoms with Gasteiger partial charge in [-0.15, -0.1) is 0 Å². The predicted molar refractivity (Wildman–Crippen MR) is 139 cm³/mol. The molecule has 0 amide bonds. The second kappa shape index (κ2) is 18.3. The SMILES string of the molecule is CCCCCCCc1cccc(S(=O)(=O)[O-])c1.CCCCCCCc1cccc(S(=O)(=O)[O-])c1.[Mg+2]. The number of hydrogen-bond donors (Lipinski definition) is 0. The Morgan fingerprint density at radius 3 is 1.23 bits per heavy atom. The first-order chi connectivity index (χ1) is 16.1. The fourth-order valence-corrected chi connectivity index (χ4v) is 4.66. The van der Waals surface area contributed by atoms with Gasteiger partial charge in [0.1, 0.15) is 20.2 Å². The molecule has 2 aromatic rings. The molecular weight excluding hydrogens is 497 g/mol. The molecule has 0 aliphatic heterocycles. The Morgan fingerprint density at radius 1 is 0.571 bits per heavy atom. The molecule has 9 heteroatoms. The quantitative estimate of drug-likeness (QED) is 0.171. The van der Waals surface area contributed by atoms with Gasteiger partial charge in [-0.1, -0.05) is 89.5 Å². The topological polar surface area (TPSA) is 114 Å². The summed E-state index contributed by atoms with van der Waals surface area (Å²) in [6, 6.07) is 12.7. The average Bonchev–Trinajstić information content (AvgIpc) is 2.79. The van der Waals surface area contributed by atoms with Crippen LogP contribution >= 0.6 is 0 Å². The molecule has 0 aromatic heterocycles. The molecule has 0 bridgehead atoms. The molecule has 0 radical (unpaired) electrons. The molecule has 0 unspecified atom stereocenters. The summed E-state index contributed by atoms with van der Waals surface area (Å²) in [5.74, 6) is 0. The van der Waals surface area contributed by atoms with Gasteiger partial charge in [-0.25, -0.2) is 16.8 Å². The van der Waals surface area contributed by atoms with Crippen molar-refractivity contribution in [1.82, 2.24) is 0 Å². The van der Waals surface area contributed by atoms with Crippen LogP contribution in [0.15, 0.2) is 58.3 Å². The molecule has 0 saturated carbocycles.